The topological polar surface area (TPSA) is 21.3 Å². The highest BCUT2D eigenvalue weighted by Crippen LogP contribution is 2.43. The Hall–Kier alpha value is 0.270. The van der Waals surface area contributed by atoms with Gasteiger partial charge in [0, 0.05) is 23.7 Å². The van der Waals surface area contributed by atoms with Crippen molar-refractivity contribution < 1.29 is 4.74 Å². The minimum atomic E-state index is 0.271. The van der Waals surface area contributed by atoms with Crippen molar-refractivity contribution >= 4 is 11.8 Å². The highest BCUT2D eigenvalue weighted by atomic mass is 32.2. The zero-order valence-electron chi connectivity index (χ0n) is 13.7. The third-order valence-corrected chi connectivity index (χ3v) is 7.54. The van der Waals surface area contributed by atoms with Crippen molar-refractivity contribution in [3.05, 3.63) is 0 Å². The van der Waals surface area contributed by atoms with Gasteiger partial charge >= 0.3 is 0 Å². The fraction of sp³-hybridized carbons (Fsp3) is 1.00. The second-order valence-corrected chi connectivity index (χ2v) is 8.81. The van der Waals surface area contributed by atoms with E-state index in [4.69, 9.17) is 4.74 Å². The molecule has 3 aliphatic rings. The molecule has 0 bridgehead atoms. The summed E-state index contributed by atoms with van der Waals surface area (Å²) < 4.78 is 6.21. The molecule has 1 N–H and O–H groups in total. The summed E-state index contributed by atoms with van der Waals surface area (Å²) in [7, 11) is 2.17. The summed E-state index contributed by atoms with van der Waals surface area (Å²) in [5.41, 5.74) is 0.271. The lowest BCUT2D eigenvalue weighted by Gasteiger charge is -2.41. The molecule has 0 aromatic heterocycles. The monoisotopic (exact) mass is 311 g/mol. The normalized spacial score (nSPS) is 31.6. The first-order valence-electron chi connectivity index (χ1n) is 9.24. The molecule has 21 heavy (non-hydrogen) atoms. The Morgan fingerprint density at radius 1 is 1.10 bits per heavy atom. The van der Waals surface area contributed by atoms with Crippen LogP contribution in [0.5, 0.6) is 0 Å². The van der Waals surface area contributed by atoms with Crippen LogP contribution in [0.1, 0.15) is 70.6 Å². The number of ether oxygens (including phenoxy) is 1. The van der Waals surface area contributed by atoms with Gasteiger partial charge in [-0.05, 0) is 51.5 Å². The molecule has 0 aromatic carbocycles. The van der Waals surface area contributed by atoms with Crippen LogP contribution >= 0.6 is 11.8 Å². The van der Waals surface area contributed by atoms with E-state index >= 15 is 0 Å². The van der Waals surface area contributed by atoms with Gasteiger partial charge in [0.15, 0.2) is 0 Å². The second kappa shape index (κ2) is 7.70. The molecule has 2 unspecified atom stereocenters. The van der Waals surface area contributed by atoms with Gasteiger partial charge in [-0.15, -0.1) is 0 Å². The summed E-state index contributed by atoms with van der Waals surface area (Å²) in [5.74, 6) is 2.14. The van der Waals surface area contributed by atoms with Gasteiger partial charge in [-0.1, -0.05) is 32.1 Å². The Bertz CT molecular complexity index is 310. The zero-order chi connectivity index (χ0) is 14.5. The maximum Gasteiger partial charge on any atom is 0.0685 e. The summed E-state index contributed by atoms with van der Waals surface area (Å²) >= 11 is 2.25. The van der Waals surface area contributed by atoms with Crippen molar-refractivity contribution in [3.8, 4) is 0 Å². The SMILES string of the molecule is CNC(CSC1CCCCC1)C1CCOC2(CCCC2)C1. The average molecular weight is 312 g/mol. The third-order valence-electron chi connectivity index (χ3n) is 6.05. The number of rotatable bonds is 5. The molecule has 1 saturated heterocycles. The maximum atomic E-state index is 6.21. The van der Waals surface area contributed by atoms with Gasteiger partial charge in [-0.2, -0.15) is 11.8 Å². The first-order valence-corrected chi connectivity index (χ1v) is 10.3. The predicted octanol–water partition coefficient (Wildman–Crippen LogP) is 4.38. The number of thioether (sulfide) groups is 1. The van der Waals surface area contributed by atoms with E-state index in [1.165, 1.54) is 76.4 Å². The molecule has 1 aliphatic heterocycles. The van der Waals surface area contributed by atoms with Crippen LogP contribution in [0.15, 0.2) is 0 Å². The molecular formula is C18H33NOS. The van der Waals surface area contributed by atoms with Gasteiger partial charge in [0.2, 0.25) is 0 Å². The summed E-state index contributed by atoms with van der Waals surface area (Å²) in [6.07, 6.45) is 15.3. The van der Waals surface area contributed by atoms with Crippen LogP contribution in [0.25, 0.3) is 0 Å². The van der Waals surface area contributed by atoms with Crippen molar-refractivity contribution in [2.24, 2.45) is 5.92 Å². The van der Waals surface area contributed by atoms with E-state index in [0.29, 0.717) is 6.04 Å². The summed E-state index contributed by atoms with van der Waals surface area (Å²) in [6.45, 7) is 0.997. The first-order chi connectivity index (χ1) is 10.3. The molecule has 3 heteroatoms. The highest BCUT2D eigenvalue weighted by molar-refractivity contribution is 7.99. The van der Waals surface area contributed by atoms with Crippen LogP contribution in [-0.4, -0.2) is 36.3 Å². The fourth-order valence-electron chi connectivity index (χ4n) is 4.70. The smallest absolute Gasteiger partial charge is 0.0685 e. The Kier molecular flexibility index (Phi) is 5.92. The van der Waals surface area contributed by atoms with Crippen molar-refractivity contribution in [2.75, 3.05) is 19.4 Å². The maximum absolute atomic E-state index is 6.21. The van der Waals surface area contributed by atoms with Crippen LogP contribution < -0.4 is 5.32 Å². The van der Waals surface area contributed by atoms with Crippen molar-refractivity contribution in [1.82, 2.24) is 5.32 Å². The van der Waals surface area contributed by atoms with Gasteiger partial charge in [0.1, 0.15) is 0 Å². The predicted molar refractivity (Wildman–Crippen MR) is 92.1 cm³/mol. The van der Waals surface area contributed by atoms with Gasteiger partial charge in [-0.3, -0.25) is 0 Å². The van der Waals surface area contributed by atoms with E-state index in [1.54, 1.807) is 0 Å². The molecular weight excluding hydrogens is 278 g/mol. The Balaban J connectivity index is 1.50. The first kappa shape index (κ1) is 16.1. The second-order valence-electron chi connectivity index (χ2n) is 7.48. The molecule has 3 rings (SSSR count). The van der Waals surface area contributed by atoms with Crippen molar-refractivity contribution in [3.63, 3.8) is 0 Å². The molecule has 122 valence electrons. The molecule has 2 nitrogen and oxygen atoms in total. The highest BCUT2D eigenvalue weighted by Gasteiger charge is 2.41. The summed E-state index contributed by atoms with van der Waals surface area (Å²) in [5, 5.41) is 4.58. The summed E-state index contributed by atoms with van der Waals surface area (Å²) in [6, 6.07) is 0.693. The minimum absolute atomic E-state index is 0.271. The Morgan fingerprint density at radius 2 is 1.86 bits per heavy atom. The standard InChI is InChI=1S/C18H33NOS/c1-19-17(14-21-16-7-3-2-4-8-16)15-9-12-20-18(13-15)10-5-6-11-18/h15-17,19H,2-14H2,1H3. The molecule has 0 aromatic rings. The molecule has 3 fully saturated rings. The number of hydrogen-bond donors (Lipinski definition) is 1. The fourth-order valence-corrected chi connectivity index (χ4v) is 6.29. The number of nitrogens with one attached hydrogen (secondary N) is 1. The number of hydrogen-bond acceptors (Lipinski definition) is 3. The van der Waals surface area contributed by atoms with Crippen LogP contribution in [-0.2, 0) is 4.74 Å². The largest absolute Gasteiger partial charge is 0.375 e. The Morgan fingerprint density at radius 3 is 2.57 bits per heavy atom. The van der Waals surface area contributed by atoms with Gasteiger partial charge in [0.25, 0.3) is 0 Å². The van der Waals surface area contributed by atoms with Gasteiger partial charge in [0.05, 0.1) is 5.60 Å². The van der Waals surface area contributed by atoms with Crippen molar-refractivity contribution in [2.45, 2.75) is 87.5 Å². The Labute approximate surface area is 135 Å². The van der Waals surface area contributed by atoms with Crippen LogP contribution in [0.4, 0.5) is 0 Å². The molecule has 0 radical (unpaired) electrons. The van der Waals surface area contributed by atoms with Crippen molar-refractivity contribution in [1.29, 1.82) is 0 Å². The minimum Gasteiger partial charge on any atom is -0.375 e. The molecule has 0 amide bonds. The quantitative estimate of drug-likeness (QED) is 0.814. The van der Waals surface area contributed by atoms with Crippen LogP contribution in [0.3, 0.4) is 0 Å². The van der Waals surface area contributed by atoms with E-state index in [0.717, 1.165) is 17.8 Å². The van der Waals surface area contributed by atoms with E-state index in [-0.39, 0.29) is 5.60 Å². The van der Waals surface area contributed by atoms with Crippen LogP contribution in [0, 0.1) is 5.92 Å². The summed E-state index contributed by atoms with van der Waals surface area (Å²) in [4.78, 5) is 0. The van der Waals surface area contributed by atoms with E-state index < -0.39 is 0 Å². The third kappa shape index (κ3) is 4.17. The van der Waals surface area contributed by atoms with E-state index in [2.05, 4.69) is 24.1 Å². The van der Waals surface area contributed by atoms with Crippen LogP contribution in [0.2, 0.25) is 0 Å². The molecule has 1 heterocycles. The van der Waals surface area contributed by atoms with Gasteiger partial charge < -0.3 is 10.1 Å². The molecule has 2 atom stereocenters. The average Bonchev–Trinajstić information content (AvgIpc) is 2.97. The van der Waals surface area contributed by atoms with E-state index in [1.807, 2.05) is 0 Å². The zero-order valence-corrected chi connectivity index (χ0v) is 14.6. The lowest BCUT2D eigenvalue weighted by Crippen LogP contribution is -2.46. The molecule has 1 spiro atoms. The van der Waals surface area contributed by atoms with E-state index in [9.17, 15) is 0 Å². The van der Waals surface area contributed by atoms with Gasteiger partial charge in [-0.25, -0.2) is 0 Å². The lowest BCUT2D eigenvalue weighted by atomic mass is 9.81. The molecule has 2 aliphatic carbocycles. The lowest BCUT2D eigenvalue weighted by molar-refractivity contribution is -0.0964. The molecule has 2 saturated carbocycles.